The third-order valence-corrected chi connectivity index (χ3v) is 4.74. The lowest BCUT2D eigenvalue weighted by Crippen LogP contribution is -2.49. The van der Waals surface area contributed by atoms with Gasteiger partial charge in [-0.2, -0.15) is 17.4 Å². The van der Waals surface area contributed by atoms with Crippen molar-refractivity contribution < 1.29 is 23.1 Å². The molecule has 0 aromatic rings. The van der Waals surface area contributed by atoms with Crippen molar-refractivity contribution in [2.45, 2.75) is 45.2 Å². The molecule has 0 amide bonds. The molecule has 0 bridgehead atoms. The molecule has 0 saturated carbocycles. The fraction of sp³-hybridized carbons (Fsp3) is 0.909. The fourth-order valence-corrected chi connectivity index (χ4v) is 3.73. The minimum Gasteiger partial charge on any atom is -0.465 e. The largest absolute Gasteiger partial charge is 0.465 e. The second kappa shape index (κ2) is 7.18. The van der Waals surface area contributed by atoms with E-state index >= 15 is 0 Å². The highest BCUT2D eigenvalue weighted by Gasteiger charge is 2.39. The molecular formula is C11H22N2O5S. The average Bonchev–Trinajstić information content (AvgIpc) is 2.78. The van der Waals surface area contributed by atoms with Crippen LogP contribution in [0.3, 0.4) is 0 Å². The van der Waals surface area contributed by atoms with Crippen LogP contribution in [-0.4, -0.2) is 55.6 Å². The smallest absolute Gasteiger partial charge is 0.324 e. The maximum atomic E-state index is 12.2. The van der Waals surface area contributed by atoms with Crippen LogP contribution in [0.1, 0.15) is 33.1 Å². The summed E-state index contributed by atoms with van der Waals surface area (Å²) in [6.07, 6.45) is 1.45. The van der Waals surface area contributed by atoms with Crippen molar-refractivity contribution in [2.24, 2.45) is 0 Å². The maximum Gasteiger partial charge on any atom is 0.324 e. The Morgan fingerprint density at radius 3 is 2.84 bits per heavy atom. The molecule has 0 spiro atoms. The molecule has 2 unspecified atom stereocenters. The number of nitrogens with one attached hydrogen (secondary N) is 1. The number of carbonyl (C=O) groups is 1. The molecule has 2 N–H and O–H groups in total. The standard InChI is InChI=1S/C11H22N2O5S/c1-3-18-11(15)10-5-4-7-13(10)19(16,17)12-9(2)6-8-14/h9-10,12,14H,3-8H2,1-2H3. The summed E-state index contributed by atoms with van der Waals surface area (Å²) in [5.74, 6) is -0.500. The number of esters is 1. The van der Waals surface area contributed by atoms with Crippen molar-refractivity contribution in [3.05, 3.63) is 0 Å². The van der Waals surface area contributed by atoms with E-state index in [4.69, 9.17) is 9.84 Å². The zero-order valence-corrected chi connectivity index (χ0v) is 12.1. The van der Waals surface area contributed by atoms with E-state index in [-0.39, 0.29) is 19.3 Å². The molecule has 8 heteroatoms. The summed E-state index contributed by atoms with van der Waals surface area (Å²) in [4.78, 5) is 11.7. The molecule has 1 aliphatic heterocycles. The molecule has 7 nitrogen and oxygen atoms in total. The van der Waals surface area contributed by atoms with Crippen LogP contribution in [0.5, 0.6) is 0 Å². The van der Waals surface area contributed by atoms with Crippen LogP contribution >= 0.6 is 0 Å². The number of aliphatic hydroxyl groups is 1. The Labute approximate surface area is 114 Å². The SMILES string of the molecule is CCOC(=O)C1CCCN1S(=O)(=O)NC(C)CCO. The van der Waals surface area contributed by atoms with Gasteiger partial charge in [0.2, 0.25) is 0 Å². The molecule has 1 rings (SSSR count). The van der Waals surface area contributed by atoms with Crippen LogP contribution in [0.25, 0.3) is 0 Å². The van der Waals surface area contributed by atoms with Crippen molar-refractivity contribution in [3.63, 3.8) is 0 Å². The molecule has 0 radical (unpaired) electrons. The van der Waals surface area contributed by atoms with E-state index in [1.54, 1.807) is 13.8 Å². The lowest BCUT2D eigenvalue weighted by atomic mass is 10.2. The Balaban J connectivity index is 2.73. The number of carbonyl (C=O) groups excluding carboxylic acids is 1. The lowest BCUT2D eigenvalue weighted by molar-refractivity contribution is -0.146. The van der Waals surface area contributed by atoms with Gasteiger partial charge in [0.05, 0.1) is 6.61 Å². The number of rotatable bonds is 7. The molecule has 1 saturated heterocycles. The predicted octanol–water partition coefficient (Wildman–Crippen LogP) is -0.381. The summed E-state index contributed by atoms with van der Waals surface area (Å²) in [5.41, 5.74) is 0. The third kappa shape index (κ3) is 4.41. The third-order valence-electron chi connectivity index (χ3n) is 2.98. The molecule has 1 aliphatic rings. The molecule has 112 valence electrons. The number of hydrogen-bond acceptors (Lipinski definition) is 5. The van der Waals surface area contributed by atoms with E-state index in [1.165, 1.54) is 0 Å². The highest BCUT2D eigenvalue weighted by molar-refractivity contribution is 7.87. The topological polar surface area (TPSA) is 95.9 Å². The van der Waals surface area contributed by atoms with Gasteiger partial charge in [-0.05, 0) is 33.1 Å². The molecule has 0 aromatic carbocycles. The number of nitrogens with zero attached hydrogens (tertiary/aromatic N) is 1. The van der Waals surface area contributed by atoms with Gasteiger partial charge in [-0.3, -0.25) is 4.79 Å². The van der Waals surface area contributed by atoms with E-state index in [0.717, 1.165) is 4.31 Å². The quantitative estimate of drug-likeness (QED) is 0.624. The Morgan fingerprint density at radius 2 is 2.26 bits per heavy atom. The summed E-state index contributed by atoms with van der Waals surface area (Å²) in [6, 6.07) is -1.11. The fourth-order valence-electron chi connectivity index (χ4n) is 2.08. The molecule has 0 aromatic heterocycles. The Bertz CT molecular complexity index is 398. The van der Waals surface area contributed by atoms with Gasteiger partial charge in [-0.15, -0.1) is 0 Å². The molecule has 2 atom stereocenters. The van der Waals surface area contributed by atoms with Crippen molar-refractivity contribution in [1.29, 1.82) is 0 Å². The highest BCUT2D eigenvalue weighted by atomic mass is 32.2. The van der Waals surface area contributed by atoms with Gasteiger partial charge in [-0.1, -0.05) is 0 Å². The van der Waals surface area contributed by atoms with Gasteiger partial charge < -0.3 is 9.84 Å². The van der Waals surface area contributed by atoms with Gasteiger partial charge in [0, 0.05) is 19.2 Å². The van der Waals surface area contributed by atoms with E-state index in [9.17, 15) is 13.2 Å². The van der Waals surface area contributed by atoms with E-state index in [1.807, 2.05) is 0 Å². The Kier molecular flexibility index (Phi) is 6.18. The zero-order chi connectivity index (χ0) is 14.5. The minimum atomic E-state index is -3.72. The number of hydrogen-bond donors (Lipinski definition) is 2. The number of ether oxygens (including phenoxy) is 1. The summed E-state index contributed by atoms with van der Waals surface area (Å²) in [5, 5.41) is 8.79. The van der Waals surface area contributed by atoms with Gasteiger partial charge in [0.1, 0.15) is 6.04 Å². The summed E-state index contributed by atoms with van der Waals surface area (Å²) in [6.45, 7) is 3.81. The van der Waals surface area contributed by atoms with Crippen molar-refractivity contribution in [2.75, 3.05) is 19.8 Å². The number of aliphatic hydroxyl groups excluding tert-OH is 1. The van der Waals surface area contributed by atoms with Gasteiger partial charge in [0.15, 0.2) is 0 Å². The monoisotopic (exact) mass is 294 g/mol. The maximum absolute atomic E-state index is 12.2. The second-order valence-corrected chi connectivity index (χ2v) is 6.21. The Morgan fingerprint density at radius 1 is 1.58 bits per heavy atom. The first-order valence-corrected chi connectivity index (χ1v) is 7.93. The normalized spacial score (nSPS) is 22.4. The van der Waals surface area contributed by atoms with Crippen molar-refractivity contribution >= 4 is 16.2 Å². The van der Waals surface area contributed by atoms with Crippen LogP contribution < -0.4 is 4.72 Å². The first kappa shape index (κ1) is 16.4. The van der Waals surface area contributed by atoms with Gasteiger partial charge in [-0.25, -0.2) is 0 Å². The highest BCUT2D eigenvalue weighted by Crippen LogP contribution is 2.21. The van der Waals surface area contributed by atoms with Crippen LogP contribution in [0.4, 0.5) is 0 Å². The first-order chi connectivity index (χ1) is 8.92. The van der Waals surface area contributed by atoms with Crippen LogP contribution in [-0.2, 0) is 19.7 Å². The van der Waals surface area contributed by atoms with Crippen LogP contribution in [0.15, 0.2) is 0 Å². The molecule has 1 fully saturated rings. The average molecular weight is 294 g/mol. The first-order valence-electron chi connectivity index (χ1n) is 6.49. The molecule has 1 heterocycles. The summed E-state index contributed by atoms with van der Waals surface area (Å²) >= 11 is 0. The van der Waals surface area contributed by atoms with Gasteiger partial charge in [0.25, 0.3) is 10.2 Å². The van der Waals surface area contributed by atoms with Crippen molar-refractivity contribution in [1.82, 2.24) is 9.03 Å². The summed E-state index contributed by atoms with van der Waals surface area (Å²) < 4.78 is 32.8. The van der Waals surface area contributed by atoms with Gasteiger partial charge >= 0.3 is 5.97 Å². The van der Waals surface area contributed by atoms with Crippen LogP contribution in [0.2, 0.25) is 0 Å². The molecule has 19 heavy (non-hydrogen) atoms. The second-order valence-electron chi connectivity index (χ2n) is 4.56. The Hall–Kier alpha value is -0.700. The summed E-state index contributed by atoms with van der Waals surface area (Å²) in [7, 11) is -3.72. The zero-order valence-electron chi connectivity index (χ0n) is 11.3. The van der Waals surface area contributed by atoms with Crippen LogP contribution in [0, 0.1) is 0 Å². The van der Waals surface area contributed by atoms with E-state index < -0.39 is 22.2 Å². The minimum absolute atomic E-state index is 0.0923. The predicted molar refractivity (Wildman–Crippen MR) is 69.6 cm³/mol. The van der Waals surface area contributed by atoms with E-state index in [0.29, 0.717) is 25.8 Å². The van der Waals surface area contributed by atoms with E-state index in [2.05, 4.69) is 4.72 Å². The van der Waals surface area contributed by atoms with Crippen molar-refractivity contribution in [3.8, 4) is 0 Å². The lowest BCUT2D eigenvalue weighted by Gasteiger charge is -2.24. The molecular weight excluding hydrogens is 272 g/mol. The molecule has 0 aliphatic carbocycles.